The van der Waals surface area contributed by atoms with Crippen molar-refractivity contribution < 1.29 is 4.79 Å². The van der Waals surface area contributed by atoms with Crippen LogP contribution in [0.25, 0.3) is 0 Å². The summed E-state index contributed by atoms with van der Waals surface area (Å²) in [6.45, 7) is 2.99. The van der Waals surface area contributed by atoms with E-state index in [9.17, 15) is 9.59 Å². The Bertz CT molecular complexity index is 711. The average Bonchev–Trinajstić information content (AvgIpc) is 3.09. The number of thiazole rings is 1. The van der Waals surface area contributed by atoms with Crippen molar-refractivity contribution in [2.45, 2.75) is 38.8 Å². The molecular weight excluding hydrogens is 300 g/mol. The van der Waals surface area contributed by atoms with Gasteiger partial charge in [-0.15, -0.1) is 11.3 Å². The highest BCUT2D eigenvalue weighted by molar-refractivity contribution is 7.09. The molecule has 0 unspecified atom stereocenters. The van der Waals surface area contributed by atoms with Crippen molar-refractivity contribution in [3.05, 3.63) is 44.8 Å². The molecule has 0 spiro atoms. The molecular formula is C15H18N4O2S. The Labute approximate surface area is 132 Å². The summed E-state index contributed by atoms with van der Waals surface area (Å²) < 4.78 is 1.32. The largest absolute Gasteiger partial charge is 0.328 e. The van der Waals surface area contributed by atoms with E-state index in [1.165, 1.54) is 16.8 Å². The van der Waals surface area contributed by atoms with Gasteiger partial charge in [0.1, 0.15) is 10.7 Å². The van der Waals surface area contributed by atoms with E-state index < -0.39 is 0 Å². The summed E-state index contributed by atoms with van der Waals surface area (Å²) in [6.07, 6.45) is 4.77. The van der Waals surface area contributed by atoms with Gasteiger partial charge in [0.25, 0.3) is 11.5 Å². The molecule has 0 saturated carbocycles. The molecule has 1 saturated heterocycles. The van der Waals surface area contributed by atoms with E-state index in [-0.39, 0.29) is 17.5 Å². The zero-order valence-electron chi connectivity index (χ0n) is 12.4. The van der Waals surface area contributed by atoms with Gasteiger partial charge in [0.2, 0.25) is 0 Å². The molecule has 2 aromatic heterocycles. The quantitative estimate of drug-likeness (QED) is 0.869. The molecule has 2 aromatic rings. The maximum absolute atomic E-state index is 12.8. The number of rotatable bonds is 3. The number of nitrogens with zero attached hydrogens (tertiary/aromatic N) is 4. The van der Waals surface area contributed by atoms with Crippen LogP contribution in [0.3, 0.4) is 0 Å². The monoisotopic (exact) mass is 318 g/mol. The van der Waals surface area contributed by atoms with Crippen LogP contribution in [0.5, 0.6) is 0 Å². The zero-order valence-corrected chi connectivity index (χ0v) is 13.3. The lowest BCUT2D eigenvalue weighted by Crippen LogP contribution is -2.39. The van der Waals surface area contributed by atoms with E-state index in [0.29, 0.717) is 18.8 Å². The number of amides is 1. The lowest BCUT2D eigenvalue weighted by atomic mass is 10.0. The molecule has 1 atom stereocenters. The first-order valence-corrected chi connectivity index (χ1v) is 8.37. The Morgan fingerprint density at radius 1 is 1.41 bits per heavy atom. The van der Waals surface area contributed by atoms with Gasteiger partial charge in [0, 0.05) is 30.7 Å². The molecule has 3 heterocycles. The Morgan fingerprint density at radius 3 is 3.00 bits per heavy atom. The third-order valence-electron chi connectivity index (χ3n) is 3.89. The van der Waals surface area contributed by atoms with Crippen LogP contribution in [0.4, 0.5) is 0 Å². The van der Waals surface area contributed by atoms with Gasteiger partial charge >= 0.3 is 0 Å². The molecule has 1 aliphatic rings. The number of aryl methyl sites for hydroxylation is 1. The minimum atomic E-state index is -0.186. The predicted molar refractivity (Wildman–Crippen MR) is 83.9 cm³/mol. The molecule has 6 nitrogen and oxygen atoms in total. The van der Waals surface area contributed by atoms with E-state index in [4.69, 9.17) is 0 Å². The summed E-state index contributed by atoms with van der Waals surface area (Å²) in [7, 11) is 0. The second kappa shape index (κ2) is 6.39. The number of hydrogen-bond donors (Lipinski definition) is 0. The van der Waals surface area contributed by atoms with Crippen molar-refractivity contribution in [1.82, 2.24) is 19.7 Å². The molecule has 0 aromatic carbocycles. The van der Waals surface area contributed by atoms with Gasteiger partial charge in [0.15, 0.2) is 0 Å². The van der Waals surface area contributed by atoms with E-state index in [0.717, 1.165) is 24.3 Å². The molecule has 0 N–H and O–H groups in total. The molecule has 0 radical (unpaired) electrons. The van der Waals surface area contributed by atoms with E-state index in [1.807, 2.05) is 17.2 Å². The van der Waals surface area contributed by atoms with Crippen molar-refractivity contribution in [3.8, 4) is 0 Å². The summed E-state index contributed by atoms with van der Waals surface area (Å²) >= 11 is 1.58. The first-order chi connectivity index (χ1) is 10.7. The number of hydrogen-bond acceptors (Lipinski definition) is 5. The maximum atomic E-state index is 12.8. The van der Waals surface area contributed by atoms with Crippen LogP contribution in [-0.2, 0) is 6.54 Å². The number of carbonyl (C=O) groups excluding carboxylic acids is 1. The van der Waals surface area contributed by atoms with Crippen molar-refractivity contribution in [2.24, 2.45) is 0 Å². The summed E-state index contributed by atoms with van der Waals surface area (Å²) in [5.74, 6) is -0.123. The van der Waals surface area contributed by atoms with Crippen molar-refractivity contribution >= 4 is 17.2 Å². The normalized spacial score (nSPS) is 18.4. The summed E-state index contributed by atoms with van der Waals surface area (Å²) in [6, 6.07) is 2.95. The number of aromatic nitrogens is 3. The fraction of sp³-hybridized carbons (Fsp3) is 0.467. The molecule has 1 amide bonds. The van der Waals surface area contributed by atoms with Crippen LogP contribution >= 0.6 is 11.3 Å². The van der Waals surface area contributed by atoms with E-state index >= 15 is 0 Å². The molecule has 1 fully saturated rings. The van der Waals surface area contributed by atoms with Gasteiger partial charge in [-0.2, -0.15) is 5.10 Å². The Kier molecular flexibility index (Phi) is 4.33. The minimum Gasteiger partial charge on any atom is -0.328 e. The highest BCUT2D eigenvalue weighted by atomic mass is 32.1. The van der Waals surface area contributed by atoms with Crippen LogP contribution < -0.4 is 5.56 Å². The fourth-order valence-electron chi connectivity index (χ4n) is 2.77. The predicted octanol–water partition coefficient (Wildman–Crippen LogP) is 2.09. The van der Waals surface area contributed by atoms with Crippen molar-refractivity contribution in [3.63, 3.8) is 0 Å². The van der Waals surface area contributed by atoms with Crippen molar-refractivity contribution in [1.29, 1.82) is 0 Å². The second-order valence-corrected chi connectivity index (χ2v) is 6.18. The number of likely N-dealkylation sites (tertiary alicyclic amines) is 1. The summed E-state index contributed by atoms with van der Waals surface area (Å²) in [5, 5.41) is 7.08. The molecule has 0 bridgehead atoms. The lowest BCUT2D eigenvalue weighted by Gasteiger charge is -2.34. The topological polar surface area (TPSA) is 68.1 Å². The fourth-order valence-corrected chi connectivity index (χ4v) is 3.55. The van der Waals surface area contributed by atoms with Gasteiger partial charge < -0.3 is 4.90 Å². The van der Waals surface area contributed by atoms with Crippen LogP contribution in [0.1, 0.15) is 47.7 Å². The molecule has 1 aliphatic heterocycles. The van der Waals surface area contributed by atoms with E-state index in [1.54, 1.807) is 17.5 Å². The Hall–Kier alpha value is -2.02. The first-order valence-electron chi connectivity index (χ1n) is 7.49. The van der Waals surface area contributed by atoms with Crippen molar-refractivity contribution in [2.75, 3.05) is 6.54 Å². The van der Waals surface area contributed by atoms with Crippen LogP contribution in [0, 0.1) is 0 Å². The minimum absolute atomic E-state index is 0.0186. The van der Waals surface area contributed by atoms with Gasteiger partial charge in [-0.1, -0.05) is 0 Å². The maximum Gasteiger partial charge on any atom is 0.274 e. The smallest absolute Gasteiger partial charge is 0.274 e. The lowest BCUT2D eigenvalue weighted by molar-refractivity contribution is 0.0602. The highest BCUT2D eigenvalue weighted by Crippen LogP contribution is 2.32. The van der Waals surface area contributed by atoms with Crippen LogP contribution in [0.15, 0.2) is 28.5 Å². The van der Waals surface area contributed by atoms with Gasteiger partial charge in [-0.25, -0.2) is 9.67 Å². The van der Waals surface area contributed by atoms with Gasteiger partial charge in [-0.3, -0.25) is 9.59 Å². The second-order valence-electron chi connectivity index (χ2n) is 5.25. The molecule has 3 rings (SSSR count). The van der Waals surface area contributed by atoms with Crippen LogP contribution in [-0.4, -0.2) is 32.1 Å². The highest BCUT2D eigenvalue weighted by Gasteiger charge is 2.31. The molecule has 22 heavy (non-hydrogen) atoms. The standard InChI is InChI=1S/C15H18N4O2S/c1-2-19-13(20)7-6-11(17-19)15(21)18-9-4-3-5-12(18)14-16-8-10-22-14/h6-8,10,12H,2-5,9H2,1H3/t12-/m0/s1. The first kappa shape index (κ1) is 14.9. The molecule has 116 valence electrons. The van der Waals surface area contributed by atoms with Crippen LogP contribution in [0.2, 0.25) is 0 Å². The SMILES string of the molecule is CCn1nc(C(=O)N2CCCC[C@H]2c2nccs2)ccc1=O. The van der Waals surface area contributed by atoms with Gasteiger partial charge in [-0.05, 0) is 32.3 Å². The average molecular weight is 318 g/mol. The third kappa shape index (κ3) is 2.81. The third-order valence-corrected chi connectivity index (χ3v) is 4.76. The number of carbonyl (C=O) groups is 1. The zero-order chi connectivity index (χ0) is 15.5. The Balaban J connectivity index is 1.90. The Morgan fingerprint density at radius 2 is 2.27 bits per heavy atom. The molecule has 0 aliphatic carbocycles. The number of piperidine rings is 1. The van der Waals surface area contributed by atoms with E-state index in [2.05, 4.69) is 10.1 Å². The molecule has 7 heteroatoms. The summed E-state index contributed by atoms with van der Waals surface area (Å²) in [4.78, 5) is 30.6. The summed E-state index contributed by atoms with van der Waals surface area (Å²) in [5.41, 5.74) is 0.138. The van der Waals surface area contributed by atoms with Gasteiger partial charge in [0.05, 0.1) is 6.04 Å².